The monoisotopic (exact) mass is 391 g/mol. The maximum absolute atomic E-state index is 12.9. The Bertz CT molecular complexity index is 910. The van der Waals surface area contributed by atoms with Crippen molar-refractivity contribution in [1.82, 2.24) is 8.77 Å². The zero-order valence-corrected chi connectivity index (χ0v) is 15.9. The Kier molecular flexibility index (Phi) is 5.37. The van der Waals surface area contributed by atoms with E-state index in [1.165, 1.54) is 0 Å². The van der Waals surface area contributed by atoms with Crippen LogP contribution in [-0.4, -0.2) is 22.9 Å². The van der Waals surface area contributed by atoms with Crippen molar-refractivity contribution in [2.75, 3.05) is 11.5 Å². The smallest absolute Gasteiger partial charge is 0.278 e. The van der Waals surface area contributed by atoms with Gasteiger partial charge in [-0.1, -0.05) is 36.2 Å². The van der Waals surface area contributed by atoms with Gasteiger partial charge in [-0.05, 0) is 32.4 Å². The number of nitrogen functional groups attached to an aromatic ring is 1. The number of hydrogen-bond donors (Lipinski definition) is 1. The van der Waals surface area contributed by atoms with E-state index in [1.54, 1.807) is 39.0 Å². The molecular weight excluding hydrogens is 373 g/mol. The van der Waals surface area contributed by atoms with E-state index in [4.69, 9.17) is 28.9 Å². The van der Waals surface area contributed by atoms with Gasteiger partial charge in [-0.2, -0.15) is 4.09 Å². The molecule has 9 heteroatoms. The summed E-state index contributed by atoms with van der Waals surface area (Å²) in [5.74, 6) is -0.314. The predicted octanol–water partition coefficient (Wildman–Crippen LogP) is 3.37. The van der Waals surface area contributed by atoms with Crippen LogP contribution in [0.1, 0.15) is 33.2 Å². The van der Waals surface area contributed by atoms with Gasteiger partial charge in [0.2, 0.25) is 0 Å². The SMILES string of the molecule is CCCS(=O)(=O)n1c(N)c(-c2c(Cl)cccc2Cl)c(=O)n1C(C)C. The van der Waals surface area contributed by atoms with Crippen molar-refractivity contribution in [1.29, 1.82) is 0 Å². The van der Waals surface area contributed by atoms with Gasteiger partial charge in [0.05, 0.1) is 21.4 Å². The first-order chi connectivity index (χ1) is 11.1. The Morgan fingerprint density at radius 3 is 2.17 bits per heavy atom. The molecule has 132 valence electrons. The first-order valence-electron chi connectivity index (χ1n) is 7.44. The standard InChI is InChI=1S/C15H19Cl2N3O3S/c1-4-8-24(22,23)20-14(18)13(15(21)19(20)9(2)3)12-10(16)6-5-7-11(12)17/h5-7,9H,4,8,18H2,1-3H3. The Hall–Kier alpha value is -1.44. The zero-order chi connectivity index (χ0) is 18.2. The molecule has 2 aromatic rings. The molecule has 0 amide bonds. The van der Waals surface area contributed by atoms with Gasteiger partial charge in [-0.15, -0.1) is 0 Å². The molecule has 0 aliphatic heterocycles. The number of benzene rings is 1. The van der Waals surface area contributed by atoms with Crippen molar-refractivity contribution in [3.8, 4) is 11.1 Å². The third-order valence-corrected chi connectivity index (χ3v) is 5.96. The maximum atomic E-state index is 12.9. The highest BCUT2D eigenvalue weighted by molar-refractivity contribution is 7.89. The van der Waals surface area contributed by atoms with Gasteiger partial charge in [0.15, 0.2) is 0 Å². The molecule has 24 heavy (non-hydrogen) atoms. The number of hydrogen-bond acceptors (Lipinski definition) is 4. The molecule has 0 aliphatic rings. The highest BCUT2D eigenvalue weighted by Crippen LogP contribution is 2.36. The molecule has 0 saturated heterocycles. The van der Waals surface area contributed by atoms with E-state index >= 15 is 0 Å². The number of rotatable bonds is 5. The molecule has 0 saturated carbocycles. The summed E-state index contributed by atoms with van der Waals surface area (Å²) in [6.45, 7) is 5.15. The zero-order valence-electron chi connectivity index (χ0n) is 13.6. The number of aromatic nitrogens is 2. The lowest BCUT2D eigenvalue weighted by atomic mass is 10.1. The summed E-state index contributed by atoms with van der Waals surface area (Å²) >= 11 is 12.4. The number of nitrogens with two attached hydrogens (primary N) is 1. The minimum absolute atomic E-state index is 0.000946. The normalized spacial score (nSPS) is 12.1. The van der Waals surface area contributed by atoms with Crippen molar-refractivity contribution in [3.63, 3.8) is 0 Å². The van der Waals surface area contributed by atoms with Gasteiger partial charge in [-0.3, -0.25) is 4.79 Å². The van der Waals surface area contributed by atoms with Gasteiger partial charge in [0.1, 0.15) is 5.82 Å². The molecule has 0 spiro atoms. The van der Waals surface area contributed by atoms with Crippen LogP contribution in [0.4, 0.5) is 5.82 Å². The van der Waals surface area contributed by atoms with Crippen LogP contribution in [0, 0.1) is 0 Å². The summed E-state index contributed by atoms with van der Waals surface area (Å²) < 4.78 is 27.2. The van der Waals surface area contributed by atoms with Crippen LogP contribution in [0.3, 0.4) is 0 Å². The molecule has 1 aromatic carbocycles. The van der Waals surface area contributed by atoms with Gasteiger partial charge in [-0.25, -0.2) is 13.1 Å². The first kappa shape index (κ1) is 18.9. The van der Waals surface area contributed by atoms with Crippen molar-refractivity contribution in [3.05, 3.63) is 38.6 Å². The summed E-state index contributed by atoms with van der Waals surface area (Å²) in [4.78, 5) is 12.9. The van der Waals surface area contributed by atoms with E-state index in [0.29, 0.717) is 6.42 Å². The van der Waals surface area contributed by atoms with Crippen molar-refractivity contribution >= 4 is 39.0 Å². The van der Waals surface area contributed by atoms with Gasteiger partial charge in [0.25, 0.3) is 15.6 Å². The summed E-state index contributed by atoms with van der Waals surface area (Å²) in [6, 6.07) is 4.36. The number of anilines is 1. The minimum atomic E-state index is -3.78. The highest BCUT2D eigenvalue weighted by Gasteiger charge is 2.29. The fraction of sp³-hybridized carbons (Fsp3) is 0.400. The van der Waals surface area contributed by atoms with Crippen LogP contribution in [0.15, 0.2) is 23.0 Å². The second-order valence-electron chi connectivity index (χ2n) is 5.66. The van der Waals surface area contributed by atoms with Crippen molar-refractivity contribution < 1.29 is 8.42 Å². The fourth-order valence-electron chi connectivity index (χ4n) is 2.56. The summed E-state index contributed by atoms with van der Waals surface area (Å²) in [7, 11) is -3.78. The molecule has 6 nitrogen and oxygen atoms in total. The molecule has 1 aromatic heterocycles. The lowest BCUT2D eigenvalue weighted by molar-refractivity contribution is 0.474. The molecule has 0 aliphatic carbocycles. The first-order valence-corrected chi connectivity index (χ1v) is 9.80. The molecule has 0 bridgehead atoms. The second-order valence-corrected chi connectivity index (χ2v) is 8.39. The fourth-order valence-corrected chi connectivity index (χ4v) is 4.76. The van der Waals surface area contributed by atoms with E-state index in [-0.39, 0.29) is 32.7 Å². The van der Waals surface area contributed by atoms with Crippen LogP contribution < -0.4 is 11.3 Å². The summed E-state index contributed by atoms with van der Waals surface area (Å²) in [5.41, 5.74) is 5.77. The Balaban J connectivity index is 2.95. The average Bonchev–Trinajstić information content (AvgIpc) is 2.72. The van der Waals surface area contributed by atoms with Crippen LogP contribution in [0.25, 0.3) is 11.1 Å². The maximum Gasteiger partial charge on any atom is 0.278 e. The lowest BCUT2D eigenvalue weighted by Crippen LogP contribution is -2.31. The quantitative estimate of drug-likeness (QED) is 0.845. The van der Waals surface area contributed by atoms with Crippen molar-refractivity contribution in [2.24, 2.45) is 0 Å². The molecule has 0 radical (unpaired) electrons. The highest BCUT2D eigenvalue weighted by atomic mass is 35.5. The third kappa shape index (κ3) is 3.08. The molecule has 2 rings (SSSR count). The van der Waals surface area contributed by atoms with Gasteiger partial charge < -0.3 is 5.73 Å². The molecule has 0 unspecified atom stereocenters. The number of nitrogens with zero attached hydrogens (tertiary/aromatic N) is 2. The van der Waals surface area contributed by atoms with E-state index < -0.39 is 21.6 Å². The largest absolute Gasteiger partial charge is 0.382 e. The average molecular weight is 392 g/mol. The van der Waals surface area contributed by atoms with Crippen LogP contribution in [-0.2, 0) is 10.0 Å². The minimum Gasteiger partial charge on any atom is -0.382 e. The van der Waals surface area contributed by atoms with Gasteiger partial charge in [0, 0.05) is 11.6 Å². The molecule has 1 heterocycles. The van der Waals surface area contributed by atoms with E-state index in [1.807, 2.05) is 0 Å². The van der Waals surface area contributed by atoms with Crippen LogP contribution >= 0.6 is 23.2 Å². The topological polar surface area (TPSA) is 87.1 Å². The van der Waals surface area contributed by atoms with E-state index in [2.05, 4.69) is 0 Å². The molecule has 2 N–H and O–H groups in total. The van der Waals surface area contributed by atoms with E-state index in [9.17, 15) is 13.2 Å². The van der Waals surface area contributed by atoms with Crippen LogP contribution in [0.5, 0.6) is 0 Å². The summed E-state index contributed by atoms with van der Waals surface area (Å²) in [6.07, 6.45) is 0.397. The Morgan fingerprint density at radius 2 is 1.71 bits per heavy atom. The Morgan fingerprint density at radius 1 is 1.17 bits per heavy atom. The second kappa shape index (κ2) is 6.82. The molecule has 0 fully saturated rings. The lowest BCUT2D eigenvalue weighted by Gasteiger charge is -2.15. The number of halogens is 2. The summed E-state index contributed by atoms with van der Waals surface area (Å²) in [5, 5.41) is 0.458. The van der Waals surface area contributed by atoms with Gasteiger partial charge >= 0.3 is 0 Å². The van der Waals surface area contributed by atoms with E-state index in [0.717, 1.165) is 8.77 Å². The Labute approximate surface area is 150 Å². The third-order valence-electron chi connectivity index (χ3n) is 3.51. The predicted molar refractivity (Wildman–Crippen MR) is 98.4 cm³/mol. The molecule has 0 atom stereocenters. The van der Waals surface area contributed by atoms with Crippen molar-refractivity contribution in [2.45, 2.75) is 33.2 Å². The van der Waals surface area contributed by atoms with Crippen LogP contribution in [0.2, 0.25) is 10.0 Å². The molecular formula is C15H19Cl2N3O3S.